The molecule has 0 radical (unpaired) electrons. The zero-order valence-corrected chi connectivity index (χ0v) is 19.6. The number of halogens is 2. The number of methoxy groups -OCH3 is 1. The fraction of sp³-hybridized carbons (Fsp3) is 0.500. The summed E-state index contributed by atoms with van der Waals surface area (Å²) in [4.78, 5) is 0. The predicted octanol–water partition coefficient (Wildman–Crippen LogP) is 3.78. The number of benzene rings is 2. The van der Waals surface area contributed by atoms with Crippen LogP contribution in [0, 0.1) is 17.6 Å². The van der Waals surface area contributed by atoms with E-state index in [1.807, 2.05) is 19.2 Å². The molecular formula is C24H32F2N2O3S. The van der Waals surface area contributed by atoms with Crippen LogP contribution in [0.15, 0.2) is 36.4 Å². The van der Waals surface area contributed by atoms with Gasteiger partial charge in [-0.2, -0.15) is 0 Å². The molecular weight excluding hydrogens is 434 g/mol. The van der Waals surface area contributed by atoms with Crippen molar-refractivity contribution in [3.63, 3.8) is 0 Å². The van der Waals surface area contributed by atoms with Crippen LogP contribution in [-0.2, 0) is 22.9 Å². The predicted molar refractivity (Wildman–Crippen MR) is 123 cm³/mol. The van der Waals surface area contributed by atoms with Crippen molar-refractivity contribution in [1.29, 1.82) is 0 Å². The van der Waals surface area contributed by atoms with Crippen LogP contribution in [0.25, 0.3) is 0 Å². The summed E-state index contributed by atoms with van der Waals surface area (Å²) in [6.07, 6.45) is 4.31. The molecule has 2 aromatic carbocycles. The fourth-order valence-corrected chi connectivity index (χ4v) is 5.77. The molecule has 5 nitrogen and oxygen atoms in total. The molecule has 1 fully saturated rings. The van der Waals surface area contributed by atoms with E-state index in [-0.39, 0.29) is 28.6 Å². The summed E-state index contributed by atoms with van der Waals surface area (Å²) in [5.41, 5.74) is 3.12. The molecule has 2 aromatic rings. The van der Waals surface area contributed by atoms with Crippen molar-refractivity contribution in [3.8, 4) is 5.75 Å². The van der Waals surface area contributed by atoms with E-state index < -0.39 is 10.0 Å². The normalized spacial score (nSPS) is 20.2. The highest BCUT2D eigenvalue weighted by Crippen LogP contribution is 2.42. The van der Waals surface area contributed by atoms with Gasteiger partial charge in [-0.3, -0.25) is 0 Å². The molecule has 0 saturated heterocycles. The minimum Gasteiger partial charge on any atom is -0.494 e. The second-order valence-corrected chi connectivity index (χ2v) is 10.6. The Bertz CT molecular complexity index is 1030. The van der Waals surface area contributed by atoms with Gasteiger partial charge in [0, 0.05) is 0 Å². The van der Waals surface area contributed by atoms with Crippen LogP contribution < -0.4 is 14.8 Å². The van der Waals surface area contributed by atoms with E-state index in [4.69, 9.17) is 4.74 Å². The van der Waals surface area contributed by atoms with Gasteiger partial charge < -0.3 is 10.1 Å². The van der Waals surface area contributed by atoms with E-state index in [1.54, 1.807) is 18.2 Å². The molecule has 32 heavy (non-hydrogen) atoms. The Kier molecular flexibility index (Phi) is 8.25. The molecule has 0 heterocycles. The Morgan fingerprint density at radius 2 is 1.88 bits per heavy atom. The third-order valence-corrected chi connectivity index (χ3v) is 8.37. The third-order valence-electron chi connectivity index (χ3n) is 6.45. The third kappa shape index (κ3) is 5.66. The van der Waals surface area contributed by atoms with Crippen molar-refractivity contribution >= 4 is 10.0 Å². The summed E-state index contributed by atoms with van der Waals surface area (Å²) < 4.78 is 56.6. The first kappa shape index (κ1) is 24.6. The second-order valence-electron chi connectivity index (χ2n) is 8.45. The molecule has 0 aliphatic heterocycles. The van der Waals surface area contributed by atoms with Gasteiger partial charge in [0.25, 0.3) is 0 Å². The zero-order valence-electron chi connectivity index (χ0n) is 18.8. The highest BCUT2D eigenvalue weighted by atomic mass is 32.2. The molecule has 2 N–H and O–H groups in total. The van der Waals surface area contributed by atoms with E-state index >= 15 is 0 Å². The van der Waals surface area contributed by atoms with Gasteiger partial charge in [0.05, 0.1) is 12.4 Å². The van der Waals surface area contributed by atoms with Gasteiger partial charge in [-0.05, 0) is 99.1 Å². The topological polar surface area (TPSA) is 67.4 Å². The van der Waals surface area contributed by atoms with Crippen LogP contribution in [0.4, 0.5) is 8.78 Å². The second kappa shape index (κ2) is 10.7. The smallest absolute Gasteiger partial charge is 0.214 e. The highest BCUT2D eigenvalue weighted by Gasteiger charge is 2.33. The average Bonchev–Trinajstić information content (AvgIpc) is 3.02. The number of ether oxygens (including phenoxy) is 1. The summed E-state index contributed by atoms with van der Waals surface area (Å²) in [5.74, 6) is 0.333. The Hall–Kier alpha value is -2.03. The van der Waals surface area contributed by atoms with Crippen molar-refractivity contribution < 1.29 is 21.9 Å². The van der Waals surface area contributed by atoms with Crippen LogP contribution in [0.5, 0.6) is 5.75 Å². The van der Waals surface area contributed by atoms with Gasteiger partial charge in [0.1, 0.15) is 5.82 Å². The van der Waals surface area contributed by atoms with Gasteiger partial charge in [0.15, 0.2) is 11.6 Å². The maximum absolute atomic E-state index is 14.0. The standard InChI is InChI=1S/C19H21F2NO.C5H11NO2S/c1-22-11-14-8-13-9-18(21)19(23-2)10-17(13)16(14)7-12-4-3-5-15(20)6-12;1-6-9(7,8)5-3-2-4-5/h3-6,9-10,14,16,22H,7-8,11H2,1-2H3;5-6H,2-4H2,1H3. The van der Waals surface area contributed by atoms with Crippen molar-refractivity contribution in [2.75, 3.05) is 27.7 Å². The molecule has 176 valence electrons. The van der Waals surface area contributed by atoms with E-state index in [2.05, 4.69) is 10.0 Å². The number of fused-ring (bicyclic) bond motifs is 1. The molecule has 2 aliphatic rings. The SMILES string of the molecule is CNCC1Cc2cc(F)c(OC)cc2C1Cc1cccc(F)c1.CNS(=O)(=O)C1CCC1. The van der Waals surface area contributed by atoms with Gasteiger partial charge in [-0.25, -0.2) is 21.9 Å². The molecule has 0 spiro atoms. The number of nitrogens with one attached hydrogen (secondary N) is 2. The van der Waals surface area contributed by atoms with Crippen molar-refractivity contribution in [2.45, 2.75) is 43.3 Å². The molecule has 4 rings (SSSR count). The monoisotopic (exact) mass is 466 g/mol. The Labute approximate surface area is 189 Å². The molecule has 1 saturated carbocycles. The lowest BCUT2D eigenvalue weighted by Gasteiger charge is -2.24. The van der Waals surface area contributed by atoms with E-state index in [0.29, 0.717) is 5.92 Å². The Morgan fingerprint density at radius 3 is 2.41 bits per heavy atom. The quantitative estimate of drug-likeness (QED) is 0.652. The lowest BCUT2D eigenvalue weighted by Crippen LogP contribution is -2.36. The lowest BCUT2D eigenvalue weighted by atomic mass is 9.86. The van der Waals surface area contributed by atoms with Crippen LogP contribution in [0.2, 0.25) is 0 Å². The molecule has 0 bridgehead atoms. The lowest BCUT2D eigenvalue weighted by molar-refractivity contribution is 0.385. The molecule has 0 amide bonds. The minimum atomic E-state index is -2.91. The fourth-order valence-electron chi connectivity index (χ4n) is 4.49. The maximum Gasteiger partial charge on any atom is 0.214 e. The summed E-state index contributed by atoms with van der Waals surface area (Å²) in [5, 5.41) is 3.12. The summed E-state index contributed by atoms with van der Waals surface area (Å²) in [7, 11) is 1.95. The Balaban J connectivity index is 0.000000269. The first-order valence-electron chi connectivity index (χ1n) is 11.0. The largest absolute Gasteiger partial charge is 0.494 e. The van der Waals surface area contributed by atoms with Crippen LogP contribution in [0.1, 0.15) is 41.9 Å². The zero-order chi connectivity index (χ0) is 23.3. The number of sulfonamides is 1. The number of hydrogen-bond acceptors (Lipinski definition) is 4. The molecule has 8 heteroatoms. The minimum absolute atomic E-state index is 0.0949. The van der Waals surface area contributed by atoms with Crippen LogP contribution >= 0.6 is 0 Å². The van der Waals surface area contributed by atoms with E-state index in [9.17, 15) is 17.2 Å². The van der Waals surface area contributed by atoms with Crippen molar-refractivity contribution in [2.24, 2.45) is 5.92 Å². The van der Waals surface area contributed by atoms with Gasteiger partial charge in [-0.1, -0.05) is 18.6 Å². The van der Waals surface area contributed by atoms with Crippen LogP contribution in [-0.4, -0.2) is 41.4 Å². The van der Waals surface area contributed by atoms with Crippen molar-refractivity contribution in [3.05, 3.63) is 64.7 Å². The highest BCUT2D eigenvalue weighted by molar-refractivity contribution is 7.90. The van der Waals surface area contributed by atoms with Gasteiger partial charge in [0.2, 0.25) is 10.0 Å². The molecule has 2 aliphatic carbocycles. The maximum atomic E-state index is 14.0. The average molecular weight is 467 g/mol. The molecule has 0 aromatic heterocycles. The summed E-state index contributed by atoms with van der Waals surface area (Å²) in [6.45, 7) is 0.846. The van der Waals surface area contributed by atoms with Crippen molar-refractivity contribution in [1.82, 2.24) is 10.0 Å². The summed E-state index contributed by atoms with van der Waals surface area (Å²) in [6, 6.07) is 10.1. The van der Waals surface area contributed by atoms with E-state index in [1.165, 1.54) is 20.2 Å². The first-order chi connectivity index (χ1) is 15.3. The van der Waals surface area contributed by atoms with Gasteiger partial charge in [-0.15, -0.1) is 0 Å². The molecule has 2 atom stereocenters. The number of hydrogen-bond donors (Lipinski definition) is 2. The van der Waals surface area contributed by atoms with Crippen LogP contribution in [0.3, 0.4) is 0 Å². The summed E-state index contributed by atoms with van der Waals surface area (Å²) >= 11 is 0. The first-order valence-corrected chi connectivity index (χ1v) is 12.5. The molecule has 2 unspecified atom stereocenters. The van der Waals surface area contributed by atoms with Gasteiger partial charge >= 0.3 is 0 Å². The Morgan fingerprint density at radius 1 is 1.12 bits per heavy atom. The number of rotatable bonds is 7. The van der Waals surface area contributed by atoms with E-state index in [0.717, 1.165) is 55.3 Å².